The van der Waals surface area contributed by atoms with Gasteiger partial charge in [-0.2, -0.15) is 10.2 Å². The van der Waals surface area contributed by atoms with Gasteiger partial charge in [0.25, 0.3) is 0 Å². The molecule has 0 saturated carbocycles. The third-order valence-electron chi connectivity index (χ3n) is 7.58. The molecule has 5 rings (SSSR count). The molecule has 1 aromatic carbocycles. The zero-order valence-electron chi connectivity index (χ0n) is 21.0. The van der Waals surface area contributed by atoms with E-state index in [0.29, 0.717) is 0 Å². The molecule has 2 aliphatic rings. The molecule has 2 fully saturated rings. The van der Waals surface area contributed by atoms with E-state index in [-0.39, 0.29) is 11.8 Å². The Morgan fingerprint density at radius 2 is 1.69 bits per heavy atom. The number of rotatable bonds is 6. The fourth-order valence-corrected chi connectivity index (χ4v) is 5.54. The summed E-state index contributed by atoms with van der Waals surface area (Å²) in [6, 6.07) is 10.2. The van der Waals surface area contributed by atoms with E-state index in [0.717, 1.165) is 72.8 Å². The Morgan fingerprint density at radius 3 is 2.40 bits per heavy atom. The molecule has 0 radical (unpaired) electrons. The van der Waals surface area contributed by atoms with Gasteiger partial charge in [0.05, 0.1) is 22.5 Å². The maximum absolute atomic E-state index is 12.8. The third kappa shape index (κ3) is 5.17. The highest BCUT2D eigenvalue weighted by Gasteiger charge is 2.28. The number of benzene rings is 1. The molecule has 2 aliphatic heterocycles. The summed E-state index contributed by atoms with van der Waals surface area (Å²) in [6.45, 7) is 9.70. The van der Waals surface area contributed by atoms with Crippen LogP contribution < -0.4 is 10.2 Å². The van der Waals surface area contributed by atoms with Gasteiger partial charge in [-0.25, -0.2) is 4.68 Å². The average molecular weight is 476 g/mol. The van der Waals surface area contributed by atoms with Gasteiger partial charge in [-0.3, -0.25) is 4.79 Å². The lowest BCUT2D eigenvalue weighted by Gasteiger charge is -2.32. The van der Waals surface area contributed by atoms with Crippen molar-refractivity contribution in [2.24, 2.45) is 5.92 Å². The van der Waals surface area contributed by atoms with Gasteiger partial charge in [-0.05, 0) is 64.8 Å². The number of carbonyl (C=O) groups excluding carboxylic acids is 1. The minimum Gasteiger partial charge on any atom is -0.355 e. The molecular weight excluding hydrogens is 438 g/mol. The number of nitrogens with zero attached hydrogens (tertiary/aromatic N) is 6. The lowest BCUT2D eigenvalue weighted by molar-refractivity contribution is -0.125. The number of aromatic nitrogens is 4. The Labute approximate surface area is 207 Å². The molecule has 0 unspecified atom stereocenters. The lowest BCUT2D eigenvalue weighted by atomic mass is 9.96. The Bertz CT molecular complexity index is 1140. The van der Waals surface area contributed by atoms with Gasteiger partial charge in [0.1, 0.15) is 5.52 Å². The van der Waals surface area contributed by atoms with Crippen LogP contribution in [0.3, 0.4) is 0 Å². The van der Waals surface area contributed by atoms with Gasteiger partial charge < -0.3 is 15.1 Å². The molecule has 2 aromatic heterocycles. The highest BCUT2D eigenvalue weighted by atomic mass is 16.1. The number of likely N-dealkylation sites (tertiary alicyclic amines) is 1. The van der Waals surface area contributed by atoms with Crippen LogP contribution in [-0.4, -0.2) is 70.1 Å². The number of carbonyl (C=O) groups is 1. The van der Waals surface area contributed by atoms with Gasteiger partial charge in [0, 0.05) is 32.1 Å². The van der Waals surface area contributed by atoms with Gasteiger partial charge in [-0.15, -0.1) is 5.10 Å². The van der Waals surface area contributed by atoms with E-state index >= 15 is 0 Å². The fourth-order valence-electron chi connectivity index (χ4n) is 5.54. The fraction of sp³-hybridized carbons (Fsp3) is 0.556. The summed E-state index contributed by atoms with van der Waals surface area (Å²) in [6.07, 6.45) is 6.89. The first-order valence-corrected chi connectivity index (χ1v) is 13.1. The zero-order valence-corrected chi connectivity index (χ0v) is 21.0. The molecule has 186 valence electrons. The molecule has 8 heteroatoms. The number of amides is 1. The van der Waals surface area contributed by atoms with Gasteiger partial charge in [0.2, 0.25) is 5.91 Å². The van der Waals surface area contributed by atoms with Crippen molar-refractivity contribution in [3.63, 3.8) is 0 Å². The molecular formula is C27H37N7O. The number of nitrogens with one attached hydrogen (secondary N) is 1. The van der Waals surface area contributed by atoms with Crippen molar-refractivity contribution in [1.82, 2.24) is 30.2 Å². The molecule has 8 nitrogen and oxygen atoms in total. The molecule has 0 aliphatic carbocycles. The first-order valence-electron chi connectivity index (χ1n) is 13.1. The van der Waals surface area contributed by atoms with Crippen molar-refractivity contribution >= 4 is 22.6 Å². The summed E-state index contributed by atoms with van der Waals surface area (Å²) in [7, 11) is 0. The molecule has 1 N–H and O–H groups in total. The number of anilines is 1. The van der Waals surface area contributed by atoms with Crippen molar-refractivity contribution in [2.75, 3.05) is 44.2 Å². The van der Waals surface area contributed by atoms with Crippen molar-refractivity contribution in [3.8, 4) is 5.69 Å². The quantitative estimate of drug-likeness (QED) is 0.586. The largest absolute Gasteiger partial charge is 0.355 e. The van der Waals surface area contributed by atoms with E-state index in [1.165, 1.54) is 38.8 Å². The van der Waals surface area contributed by atoms with Crippen LogP contribution in [0.5, 0.6) is 0 Å². The van der Waals surface area contributed by atoms with Crippen molar-refractivity contribution in [1.29, 1.82) is 0 Å². The second-order valence-electron chi connectivity index (χ2n) is 9.97. The highest BCUT2D eigenvalue weighted by molar-refractivity contribution is 5.92. The maximum atomic E-state index is 12.8. The molecule has 2 saturated heterocycles. The minimum atomic E-state index is 0.0629. The normalized spacial score (nSPS) is 18.1. The first kappa shape index (κ1) is 23.7. The number of hydrogen-bond acceptors (Lipinski definition) is 6. The Kier molecular flexibility index (Phi) is 7.27. The van der Waals surface area contributed by atoms with Gasteiger partial charge in [0.15, 0.2) is 5.82 Å². The van der Waals surface area contributed by atoms with Crippen LogP contribution in [0, 0.1) is 19.8 Å². The van der Waals surface area contributed by atoms with Crippen molar-refractivity contribution in [3.05, 3.63) is 41.7 Å². The molecule has 35 heavy (non-hydrogen) atoms. The summed E-state index contributed by atoms with van der Waals surface area (Å²) >= 11 is 0. The number of para-hydroxylation sites is 1. The van der Waals surface area contributed by atoms with Crippen LogP contribution in [0.2, 0.25) is 0 Å². The van der Waals surface area contributed by atoms with Crippen LogP contribution in [0.1, 0.15) is 49.9 Å². The van der Waals surface area contributed by atoms with E-state index < -0.39 is 0 Å². The minimum absolute atomic E-state index is 0.0629. The van der Waals surface area contributed by atoms with Crippen molar-refractivity contribution < 1.29 is 4.79 Å². The Morgan fingerprint density at radius 1 is 0.971 bits per heavy atom. The predicted octanol–water partition coefficient (Wildman–Crippen LogP) is 3.64. The van der Waals surface area contributed by atoms with Crippen molar-refractivity contribution in [2.45, 2.75) is 52.4 Å². The van der Waals surface area contributed by atoms with E-state index in [1.54, 1.807) is 0 Å². The van der Waals surface area contributed by atoms with E-state index in [4.69, 9.17) is 5.10 Å². The maximum Gasteiger partial charge on any atom is 0.223 e. The van der Waals surface area contributed by atoms with Crippen LogP contribution in [0.4, 0.5) is 5.82 Å². The van der Waals surface area contributed by atoms with Crippen LogP contribution in [0.15, 0.2) is 30.3 Å². The van der Waals surface area contributed by atoms with Gasteiger partial charge in [-0.1, -0.05) is 31.0 Å². The van der Waals surface area contributed by atoms with Crippen LogP contribution in [-0.2, 0) is 4.79 Å². The summed E-state index contributed by atoms with van der Waals surface area (Å²) in [5, 5.41) is 18.2. The monoisotopic (exact) mass is 475 g/mol. The standard InChI is InChI=1S/C27H37N7O/c1-20-24-21(2)34(23-10-6-5-7-11-23)31-25(24)26(30-29-20)33-17-12-22(13-18-33)27(35)28-14-19-32-15-8-3-4-9-16-32/h5-7,10-11,22H,3-4,8-9,12-19H2,1-2H3,(H,28,35). The summed E-state index contributed by atoms with van der Waals surface area (Å²) in [4.78, 5) is 17.6. The topological polar surface area (TPSA) is 79.2 Å². The number of hydrogen-bond donors (Lipinski definition) is 1. The second kappa shape index (κ2) is 10.7. The smallest absolute Gasteiger partial charge is 0.223 e. The number of aryl methyl sites for hydroxylation is 2. The lowest BCUT2D eigenvalue weighted by Crippen LogP contribution is -2.43. The van der Waals surface area contributed by atoms with Crippen LogP contribution >= 0.6 is 0 Å². The number of piperidine rings is 1. The summed E-state index contributed by atoms with van der Waals surface area (Å²) in [5.41, 5.74) is 3.88. The zero-order chi connectivity index (χ0) is 24.2. The Balaban J connectivity index is 1.23. The van der Waals surface area contributed by atoms with E-state index in [9.17, 15) is 4.79 Å². The second-order valence-corrected chi connectivity index (χ2v) is 9.97. The average Bonchev–Trinajstić information content (AvgIpc) is 3.04. The highest BCUT2D eigenvalue weighted by Crippen LogP contribution is 2.31. The Hall–Kier alpha value is -3.00. The molecule has 0 spiro atoms. The van der Waals surface area contributed by atoms with E-state index in [2.05, 4.69) is 44.4 Å². The first-order chi connectivity index (χ1) is 17.1. The molecule has 4 heterocycles. The van der Waals surface area contributed by atoms with E-state index in [1.807, 2.05) is 29.8 Å². The summed E-state index contributed by atoms with van der Waals surface area (Å²) in [5.74, 6) is 1.08. The SMILES string of the molecule is Cc1nnc(N2CCC(C(=O)NCCN3CCCCCC3)CC2)c2nn(-c3ccccc3)c(C)c12. The summed E-state index contributed by atoms with van der Waals surface area (Å²) < 4.78 is 1.98. The van der Waals surface area contributed by atoms with Crippen LogP contribution in [0.25, 0.3) is 16.6 Å². The van der Waals surface area contributed by atoms with Gasteiger partial charge >= 0.3 is 0 Å². The molecule has 3 aromatic rings. The molecule has 1 amide bonds. The predicted molar refractivity (Wildman–Crippen MR) is 139 cm³/mol. The third-order valence-corrected chi connectivity index (χ3v) is 7.58. The molecule has 0 atom stereocenters. The number of fused-ring (bicyclic) bond motifs is 1. The molecule has 0 bridgehead atoms.